The molecule has 2 saturated heterocycles. The SMILES string of the molecule is CNCCC1(C)C(=O)C2c3cc[nH]c3C3CCC2(C3)C2(C)C1CCC1(C)C2C(O)C2Cn3cc(C4C(=O)C(CCO)Cc5c4cc(C4CCCCC4)cc5C4(O)CCOCC4)c4[nH]cc(c43)CCC(C)(CC(O)C3OC3(C)C)C3=C2C1(C)CC3=O. The third-order valence-electron chi connectivity index (χ3n) is 27.5. The van der Waals surface area contributed by atoms with Crippen LogP contribution in [0.5, 0.6) is 0 Å². The summed E-state index contributed by atoms with van der Waals surface area (Å²) in [6.45, 7) is 17.8. The number of fused-ring (bicyclic) bond motifs is 9. The standard InChI is InChI=1S/C72H96N4O9/c1-65(2)64(85-65)51(79)34-66(3)19-14-42-36-75-58-47(53-46-31-43(39-12-10-9-11-13-39)32-49(72(83)23-28-84-29-24-72)45(46)30-40(18-27-77)60(53)80)37-76(59(42)58)38-48-54-56(66)50(78)35-69(54,6)68(5)20-16-52-67(4,22-26-73-8)63(82)55-44-17-25-74-57(44)41-15-21-71(55,33-41)70(52,7)62(68)61(48)81/h17,25,31-32,36-37,39-41,48,51-53,55,61-62,64,73-75,77,79,81,83H,9-16,18-24,26-30,33-35,38H2,1-8H3. The lowest BCUT2D eigenvalue weighted by atomic mass is 9.28. The van der Waals surface area contributed by atoms with Crippen molar-refractivity contribution in [3.8, 4) is 0 Å². The van der Waals surface area contributed by atoms with Gasteiger partial charge in [-0.2, -0.15) is 0 Å². The molecule has 13 nitrogen and oxygen atoms in total. The van der Waals surface area contributed by atoms with Crippen LogP contribution in [0.1, 0.15) is 226 Å². The van der Waals surface area contributed by atoms with Crippen LogP contribution in [0.3, 0.4) is 0 Å². The largest absolute Gasteiger partial charge is 0.396 e. The van der Waals surface area contributed by atoms with E-state index in [2.05, 4.69) is 91.3 Å². The van der Waals surface area contributed by atoms with Crippen LogP contribution in [0.2, 0.25) is 0 Å². The first kappa shape index (κ1) is 57.2. The van der Waals surface area contributed by atoms with Crippen molar-refractivity contribution in [1.29, 1.82) is 0 Å². The lowest BCUT2D eigenvalue weighted by Crippen LogP contribution is -2.74. The summed E-state index contributed by atoms with van der Waals surface area (Å²) in [7, 11) is 1.99. The number of hydrogen-bond acceptors (Lipinski definition) is 10. The number of hydrogen-bond donors (Lipinski definition) is 7. The summed E-state index contributed by atoms with van der Waals surface area (Å²) < 4.78 is 14.4. The van der Waals surface area contributed by atoms with Gasteiger partial charge in [-0.3, -0.25) is 14.4 Å². The number of nitrogens with one attached hydrogen (secondary N) is 3. The monoisotopic (exact) mass is 1160 g/mol. The lowest BCUT2D eigenvalue weighted by molar-refractivity contribution is -0.267. The second kappa shape index (κ2) is 19.4. The molecular formula is C72H96N4O9. The minimum atomic E-state index is -1.12. The number of rotatable bonds is 11. The number of aromatic nitrogens is 3. The molecule has 458 valence electrons. The average Bonchev–Trinajstić information content (AvgIpc) is 1.64. The number of aliphatic hydroxyl groups is 4. The number of Topliss-reactive ketones (excluding diaryl/α,β-unsaturated/α-hetero) is 3. The summed E-state index contributed by atoms with van der Waals surface area (Å²) in [5, 5.41) is 54.2. The number of carbonyl (C=O) groups is 3. The van der Waals surface area contributed by atoms with Crippen LogP contribution in [-0.2, 0) is 48.8 Å². The fraction of sp³-hybridized carbons (Fsp3) is 0.708. The number of aryl methyl sites for hydroxylation is 1. The van der Waals surface area contributed by atoms with Crippen molar-refractivity contribution < 1.29 is 44.3 Å². The molecule has 7 fully saturated rings. The number of H-pyrrole nitrogens is 2. The molecule has 4 aromatic rings. The zero-order chi connectivity index (χ0) is 59.3. The first-order valence-electron chi connectivity index (χ1n) is 33.5. The fourth-order valence-corrected chi connectivity index (χ4v) is 23.3. The molecule has 8 aliphatic carbocycles. The molecule has 6 heterocycles. The van der Waals surface area contributed by atoms with E-state index in [1.54, 1.807) is 0 Å². The van der Waals surface area contributed by atoms with Crippen molar-refractivity contribution >= 4 is 28.4 Å². The molecule has 15 rings (SSSR count). The highest BCUT2D eigenvalue weighted by molar-refractivity contribution is 6.02. The van der Waals surface area contributed by atoms with Crippen molar-refractivity contribution in [3.05, 3.63) is 92.6 Å². The average molecular weight is 1160 g/mol. The van der Waals surface area contributed by atoms with E-state index in [1.807, 2.05) is 20.9 Å². The van der Waals surface area contributed by atoms with E-state index >= 15 is 14.4 Å². The number of ketones is 3. The highest BCUT2D eigenvalue weighted by Gasteiger charge is 2.80. The highest BCUT2D eigenvalue weighted by Crippen LogP contribution is 2.84. The number of aromatic amines is 2. The van der Waals surface area contributed by atoms with E-state index in [0.29, 0.717) is 102 Å². The minimum absolute atomic E-state index is 0.00962. The van der Waals surface area contributed by atoms with Gasteiger partial charge >= 0.3 is 0 Å². The molecule has 5 saturated carbocycles. The van der Waals surface area contributed by atoms with Gasteiger partial charge in [0.15, 0.2) is 5.78 Å². The molecular weight excluding hydrogens is 1060 g/mol. The Balaban J connectivity index is 0.947. The van der Waals surface area contributed by atoms with Gasteiger partial charge in [0.1, 0.15) is 17.7 Å². The first-order chi connectivity index (χ1) is 40.5. The smallest absolute Gasteiger partial charge is 0.160 e. The van der Waals surface area contributed by atoms with Gasteiger partial charge < -0.3 is 49.8 Å². The van der Waals surface area contributed by atoms with Crippen molar-refractivity contribution in [3.63, 3.8) is 0 Å². The van der Waals surface area contributed by atoms with E-state index in [1.165, 1.54) is 17.7 Å². The normalized spacial score (nSPS) is 41.0. The minimum Gasteiger partial charge on any atom is -0.396 e. The van der Waals surface area contributed by atoms with Crippen molar-refractivity contribution in [2.75, 3.05) is 33.4 Å². The van der Waals surface area contributed by atoms with Crippen LogP contribution in [0, 0.1) is 56.2 Å². The van der Waals surface area contributed by atoms with Crippen molar-refractivity contribution in [1.82, 2.24) is 19.9 Å². The fourth-order valence-electron chi connectivity index (χ4n) is 23.3. The third kappa shape index (κ3) is 7.68. The maximum Gasteiger partial charge on any atom is 0.160 e. The molecule has 1 aromatic carbocycles. The second-order valence-corrected chi connectivity index (χ2v) is 31.7. The number of nitrogens with zero attached hydrogens (tertiary/aromatic N) is 1. The third-order valence-corrected chi connectivity index (χ3v) is 27.5. The predicted octanol–water partition coefficient (Wildman–Crippen LogP) is 11.0. The Bertz CT molecular complexity index is 3440. The van der Waals surface area contributed by atoms with E-state index in [-0.39, 0.29) is 42.0 Å². The summed E-state index contributed by atoms with van der Waals surface area (Å²) in [6, 6.07) is 6.83. The van der Waals surface area contributed by atoms with Crippen LogP contribution in [0.15, 0.2) is 47.9 Å². The van der Waals surface area contributed by atoms with Crippen LogP contribution in [0.25, 0.3) is 11.0 Å². The topological polar surface area (TPSA) is 202 Å². The van der Waals surface area contributed by atoms with Crippen molar-refractivity contribution in [2.24, 2.45) is 56.2 Å². The Hall–Kier alpha value is -4.21. The Morgan fingerprint density at radius 2 is 1.66 bits per heavy atom. The van der Waals surface area contributed by atoms with E-state index in [9.17, 15) is 20.4 Å². The first-order valence-corrected chi connectivity index (χ1v) is 33.5. The molecule has 16 atom stereocenters. The molecule has 85 heavy (non-hydrogen) atoms. The number of benzene rings is 1. The summed E-state index contributed by atoms with van der Waals surface area (Å²) in [5.74, 6) is -1.11. The van der Waals surface area contributed by atoms with E-state index in [0.717, 1.165) is 113 Å². The Kier molecular flexibility index (Phi) is 13.1. The zero-order valence-corrected chi connectivity index (χ0v) is 52.1. The number of allylic oxidation sites excluding steroid dienone is 1. The molecule has 2 bridgehead atoms. The molecule has 3 aliphatic heterocycles. The van der Waals surface area contributed by atoms with Crippen LogP contribution < -0.4 is 5.32 Å². The molecule has 0 radical (unpaired) electrons. The van der Waals surface area contributed by atoms with E-state index in [4.69, 9.17) is 9.47 Å². The van der Waals surface area contributed by atoms with E-state index < -0.39 is 73.7 Å². The summed E-state index contributed by atoms with van der Waals surface area (Å²) >= 11 is 0. The molecule has 11 aliphatic rings. The molecule has 1 spiro atoms. The van der Waals surface area contributed by atoms with Crippen LogP contribution in [-0.4, -0.2) is 110 Å². The van der Waals surface area contributed by atoms with Crippen LogP contribution >= 0.6 is 0 Å². The maximum absolute atomic E-state index is 16.1. The molecule has 16 unspecified atom stereocenters. The highest BCUT2D eigenvalue weighted by atomic mass is 16.6. The second-order valence-electron chi connectivity index (χ2n) is 31.7. The van der Waals surface area contributed by atoms with Crippen molar-refractivity contribution in [2.45, 2.75) is 230 Å². The van der Waals surface area contributed by atoms with Gasteiger partial charge in [-0.05, 0) is 201 Å². The van der Waals surface area contributed by atoms with Crippen LogP contribution in [0.4, 0.5) is 0 Å². The summed E-state index contributed by atoms with van der Waals surface area (Å²) in [6.07, 6.45) is 18.6. The maximum atomic E-state index is 16.1. The summed E-state index contributed by atoms with van der Waals surface area (Å²) in [5.41, 5.74) is 6.98. The Labute approximate surface area is 502 Å². The Morgan fingerprint density at radius 3 is 2.39 bits per heavy atom. The number of epoxide rings is 1. The quantitative estimate of drug-likeness (QED) is 0.0709. The zero-order valence-electron chi connectivity index (χ0n) is 52.1. The van der Waals surface area contributed by atoms with Gasteiger partial charge in [-0.1, -0.05) is 66.0 Å². The Morgan fingerprint density at radius 1 is 0.894 bits per heavy atom. The molecule has 3 aromatic heterocycles. The number of carbonyl (C=O) groups excluding carboxylic acids is 3. The van der Waals surface area contributed by atoms with Gasteiger partial charge in [0.25, 0.3) is 0 Å². The van der Waals surface area contributed by atoms with Gasteiger partial charge in [-0.25, -0.2) is 0 Å². The van der Waals surface area contributed by atoms with Gasteiger partial charge in [0, 0.05) is 104 Å². The van der Waals surface area contributed by atoms with Gasteiger partial charge in [-0.15, -0.1) is 0 Å². The lowest BCUT2D eigenvalue weighted by Gasteiger charge is -2.76. The molecule has 7 N–H and O–H groups in total. The summed E-state index contributed by atoms with van der Waals surface area (Å²) in [4.78, 5) is 55.5. The molecule has 13 heteroatoms. The number of ether oxygens (including phenoxy) is 2. The van der Waals surface area contributed by atoms with Gasteiger partial charge in [0.2, 0.25) is 0 Å². The molecule has 0 amide bonds. The number of aliphatic hydroxyl groups excluding tert-OH is 3. The predicted molar refractivity (Wildman–Crippen MR) is 325 cm³/mol. The van der Waals surface area contributed by atoms with Gasteiger partial charge in [0.05, 0.1) is 46.3 Å².